The number of rotatable bonds is 2. The summed E-state index contributed by atoms with van der Waals surface area (Å²) in [5.74, 6) is -0.461. The number of aromatic hydroxyl groups is 1. The lowest BCUT2D eigenvalue weighted by atomic mass is 10.1. The average molecular weight is 253 g/mol. The van der Waals surface area contributed by atoms with E-state index >= 15 is 0 Å². The molecule has 0 radical (unpaired) electrons. The van der Waals surface area contributed by atoms with Crippen molar-refractivity contribution in [3.63, 3.8) is 0 Å². The first-order chi connectivity index (χ1) is 8.11. The van der Waals surface area contributed by atoms with E-state index in [9.17, 15) is 4.39 Å². The van der Waals surface area contributed by atoms with Crippen molar-refractivity contribution < 1.29 is 14.2 Å². The third kappa shape index (κ3) is 2.34. The van der Waals surface area contributed by atoms with Gasteiger partial charge in [-0.1, -0.05) is 23.7 Å². The summed E-state index contributed by atoms with van der Waals surface area (Å²) >= 11 is 5.98. The summed E-state index contributed by atoms with van der Waals surface area (Å²) in [4.78, 5) is 0. The average Bonchev–Trinajstić information content (AvgIpc) is 2.32. The maximum Gasteiger partial charge on any atom is 0.165 e. The van der Waals surface area contributed by atoms with Crippen LogP contribution in [-0.4, -0.2) is 12.2 Å². The largest absolute Gasteiger partial charge is 0.505 e. The number of benzene rings is 2. The molecule has 0 fully saturated rings. The van der Waals surface area contributed by atoms with Crippen LogP contribution in [0.5, 0.6) is 11.5 Å². The van der Waals surface area contributed by atoms with Gasteiger partial charge in [-0.05, 0) is 35.4 Å². The molecular weight excluding hydrogens is 243 g/mol. The van der Waals surface area contributed by atoms with Crippen LogP contribution < -0.4 is 4.74 Å². The molecule has 0 aromatic heterocycles. The van der Waals surface area contributed by atoms with E-state index in [4.69, 9.17) is 21.4 Å². The Labute approximate surface area is 103 Å². The molecule has 0 aliphatic rings. The molecule has 17 heavy (non-hydrogen) atoms. The number of halogens is 2. The van der Waals surface area contributed by atoms with Gasteiger partial charge < -0.3 is 9.84 Å². The molecule has 0 heterocycles. The van der Waals surface area contributed by atoms with Gasteiger partial charge in [-0.15, -0.1) is 0 Å². The van der Waals surface area contributed by atoms with Crippen LogP contribution in [0.25, 0.3) is 11.1 Å². The van der Waals surface area contributed by atoms with Gasteiger partial charge >= 0.3 is 0 Å². The quantitative estimate of drug-likeness (QED) is 0.879. The predicted octanol–water partition coefficient (Wildman–Crippen LogP) is 3.86. The Bertz CT molecular complexity index is 555. The number of ether oxygens (including phenoxy) is 1. The highest BCUT2D eigenvalue weighted by Crippen LogP contribution is 2.31. The van der Waals surface area contributed by atoms with Crippen molar-refractivity contribution >= 4 is 11.6 Å². The van der Waals surface area contributed by atoms with Crippen molar-refractivity contribution in [1.29, 1.82) is 0 Å². The summed E-state index contributed by atoms with van der Waals surface area (Å²) in [5, 5.41) is 9.56. The highest BCUT2D eigenvalue weighted by Gasteiger charge is 2.06. The lowest BCUT2D eigenvalue weighted by Crippen LogP contribution is -1.86. The fraction of sp³-hybridized carbons (Fsp3) is 0.0769. The van der Waals surface area contributed by atoms with E-state index in [1.165, 1.54) is 19.2 Å². The lowest BCUT2D eigenvalue weighted by Gasteiger charge is -2.07. The third-order valence-electron chi connectivity index (χ3n) is 2.43. The zero-order chi connectivity index (χ0) is 12.4. The molecule has 0 amide bonds. The van der Waals surface area contributed by atoms with Gasteiger partial charge in [0.1, 0.15) is 5.75 Å². The first-order valence-electron chi connectivity index (χ1n) is 4.94. The standard InChI is InChI=1S/C13H10ClFO2/c1-17-13-5-3-8(6-10(13)14)9-2-4-12(16)11(15)7-9/h2-7,16H,1H3. The number of hydrogen-bond donors (Lipinski definition) is 1. The molecule has 0 saturated heterocycles. The minimum Gasteiger partial charge on any atom is -0.505 e. The molecule has 1 N–H and O–H groups in total. The Morgan fingerprint density at radius 3 is 2.35 bits per heavy atom. The van der Waals surface area contributed by atoms with Crippen LogP contribution in [0.4, 0.5) is 4.39 Å². The van der Waals surface area contributed by atoms with Crippen LogP contribution >= 0.6 is 11.6 Å². The Morgan fingerprint density at radius 1 is 1.12 bits per heavy atom. The molecule has 0 aliphatic heterocycles. The molecule has 0 saturated carbocycles. The second-order valence-electron chi connectivity index (χ2n) is 3.52. The summed E-state index contributed by atoms with van der Waals surface area (Å²) in [6, 6.07) is 9.36. The van der Waals surface area contributed by atoms with Gasteiger partial charge in [0.15, 0.2) is 11.6 Å². The van der Waals surface area contributed by atoms with Crippen LogP contribution in [0.3, 0.4) is 0 Å². The predicted molar refractivity (Wildman–Crippen MR) is 65.1 cm³/mol. The zero-order valence-corrected chi connectivity index (χ0v) is 9.83. The van der Waals surface area contributed by atoms with E-state index in [0.29, 0.717) is 16.3 Å². The highest BCUT2D eigenvalue weighted by molar-refractivity contribution is 6.32. The molecule has 0 aliphatic carbocycles. The monoisotopic (exact) mass is 252 g/mol. The van der Waals surface area contributed by atoms with Gasteiger partial charge in [0.05, 0.1) is 12.1 Å². The van der Waals surface area contributed by atoms with Crippen molar-refractivity contribution in [2.75, 3.05) is 7.11 Å². The van der Waals surface area contributed by atoms with Gasteiger partial charge in [-0.3, -0.25) is 0 Å². The third-order valence-corrected chi connectivity index (χ3v) is 2.73. The van der Waals surface area contributed by atoms with Crippen LogP contribution in [0.2, 0.25) is 5.02 Å². The molecule has 88 valence electrons. The molecule has 2 aromatic carbocycles. The molecule has 4 heteroatoms. The molecule has 0 spiro atoms. The molecule has 0 unspecified atom stereocenters. The van der Waals surface area contributed by atoms with Crippen LogP contribution in [0.15, 0.2) is 36.4 Å². The van der Waals surface area contributed by atoms with Crippen molar-refractivity contribution in [1.82, 2.24) is 0 Å². The van der Waals surface area contributed by atoms with Gasteiger partial charge in [-0.25, -0.2) is 4.39 Å². The van der Waals surface area contributed by atoms with Crippen LogP contribution in [0, 0.1) is 5.82 Å². The molecular formula is C13H10ClFO2. The summed E-state index contributed by atoms with van der Waals surface area (Å²) < 4.78 is 18.2. The lowest BCUT2D eigenvalue weighted by molar-refractivity contribution is 0.415. The minimum atomic E-state index is -0.658. The van der Waals surface area contributed by atoms with E-state index in [1.54, 1.807) is 24.3 Å². The number of phenolic OH excluding ortho intramolecular Hbond substituents is 1. The SMILES string of the molecule is COc1ccc(-c2ccc(O)c(F)c2)cc1Cl. The second-order valence-corrected chi connectivity index (χ2v) is 3.92. The van der Waals surface area contributed by atoms with E-state index in [1.807, 2.05) is 0 Å². The Morgan fingerprint density at radius 2 is 1.76 bits per heavy atom. The van der Waals surface area contributed by atoms with Crippen molar-refractivity contribution in [3.05, 3.63) is 47.2 Å². The van der Waals surface area contributed by atoms with Gasteiger partial charge in [0, 0.05) is 0 Å². The first kappa shape index (κ1) is 11.7. The maximum absolute atomic E-state index is 13.2. The smallest absolute Gasteiger partial charge is 0.165 e. The number of phenols is 1. The van der Waals surface area contributed by atoms with Crippen molar-refractivity contribution in [3.8, 4) is 22.6 Å². The number of hydrogen-bond acceptors (Lipinski definition) is 2. The van der Waals surface area contributed by atoms with Crippen molar-refractivity contribution in [2.24, 2.45) is 0 Å². The second kappa shape index (κ2) is 4.63. The van der Waals surface area contributed by atoms with Gasteiger partial charge in [0.2, 0.25) is 0 Å². The zero-order valence-electron chi connectivity index (χ0n) is 9.08. The Balaban J connectivity index is 2.46. The minimum absolute atomic E-state index is 0.367. The Hall–Kier alpha value is -1.74. The molecule has 2 aromatic rings. The normalized spacial score (nSPS) is 10.3. The van der Waals surface area contributed by atoms with E-state index in [2.05, 4.69) is 0 Å². The van der Waals surface area contributed by atoms with Crippen LogP contribution in [-0.2, 0) is 0 Å². The first-order valence-corrected chi connectivity index (χ1v) is 5.32. The van der Waals surface area contributed by atoms with E-state index in [-0.39, 0.29) is 5.75 Å². The van der Waals surface area contributed by atoms with Gasteiger partial charge in [0.25, 0.3) is 0 Å². The summed E-state index contributed by atoms with van der Waals surface area (Å²) in [7, 11) is 1.53. The highest BCUT2D eigenvalue weighted by atomic mass is 35.5. The fourth-order valence-electron chi connectivity index (χ4n) is 1.53. The van der Waals surface area contributed by atoms with Crippen molar-refractivity contribution in [2.45, 2.75) is 0 Å². The summed E-state index contributed by atoms with van der Waals surface area (Å²) in [6.45, 7) is 0. The van der Waals surface area contributed by atoms with E-state index in [0.717, 1.165) is 5.56 Å². The summed E-state index contributed by atoms with van der Waals surface area (Å²) in [6.07, 6.45) is 0. The molecule has 2 rings (SSSR count). The fourth-order valence-corrected chi connectivity index (χ4v) is 1.79. The van der Waals surface area contributed by atoms with Gasteiger partial charge in [-0.2, -0.15) is 0 Å². The number of methoxy groups -OCH3 is 1. The summed E-state index contributed by atoms with van der Waals surface area (Å²) in [5.41, 5.74) is 1.40. The molecule has 0 atom stereocenters. The topological polar surface area (TPSA) is 29.5 Å². The molecule has 0 bridgehead atoms. The van der Waals surface area contributed by atoms with E-state index < -0.39 is 5.82 Å². The van der Waals surface area contributed by atoms with Crippen LogP contribution in [0.1, 0.15) is 0 Å². The Kier molecular flexibility index (Phi) is 3.20. The molecule has 2 nitrogen and oxygen atoms in total. The maximum atomic E-state index is 13.2.